The number of ether oxygens (including phenoxy) is 1. The highest BCUT2D eigenvalue weighted by Crippen LogP contribution is 2.09. The number of piperazine rings is 1. The van der Waals surface area contributed by atoms with Crippen molar-refractivity contribution in [3.05, 3.63) is 34.0 Å². The summed E-state index contributed by atoms with van der Waals surface area (Å²) in [4.78, 5) is 22.0. The molecule has 1 N–H and O–H groups in total. The quantitative estimate of drug-likeness (QED) is 0.339. The average Bonchev–Trinajstić information content (AvgIpc) is 3.36. The Bertz CT molecular complexity index is 817. The number of hydrogen-bond donors (Lipinski definition) is 1. The van der Waals surface area contributed by atoms with Crippen LogP contribution in [0.2, 0.25) is 0 Å². The van der Waals surface area contributed by atoms with Crippen LogP contribution in [0.5, 0.6) is 0 Å². The minimum Gasteiger partial charge on any atom is -0.450 e. The van der Waals surface area contributed by atoms with E-state index in [0.717, 1.165) is 30.6 Å². The van der Waals surface area contributed by atoms with Gasteiger partial charge in [0, 0.05) is 44.6 Å². The van der Waals surface area contributed by atoms with Crippen LogP contribution in [0, 0.1) is 6.92 Å². The van der Waals surface area contributed by atoms with E-state index in [1.165, 1.54) is 4.88 Å². The Morgan fingerprint density at radius 2 is 2.00 bits per heavy atom. The Morgan fingerprint density at radius 1 is 1.27 bits per heavy atom. The third-order valence-electron chi connectivity index (χ3n) is 4.89. The second-order valence-electron chi connectivity index (χ2n) is 6.79. The molecule has 2 aromatic heterocycles. The molecular weight excluding hydrogens is 517 g/mol. The summed E-state index contributed by atoms with van der Waals surface area (Å²) in [5.41, 5.74) is 0. The first-order valence-corrected chi connectivity index (χ1v) is 10.8. The van der Waals surface area contributed by atoms with E-state index < -0.39 is 0 Å². The predicted octanol–water partition coefficient (Wildman–Crippen LogP) is 2.27. The van der Waals surface area contributed by atoms with Crippen molar-refractivity contribution >= 4 is 47.4 Å². The number of aryl methyl sites for hydroxylation is 1. The van der Waals surface area contributed by atoms with Gasteiger partial charge in [-0.2, -0.15) is 0 Å². The summed E-state index contributed by atoms with van der Waals surface area (Å²) >= 11 is 1.76. The summed E-state index contributed by atoms with van der Waals surface area (Å²) in [6, 6.07) is 4.21. The first-order valence-electron chi connectivity index (χ1n) is 9.90. The number of carbonyl (C=O) groups is 1. The summed E-state index contributed by atoms with van der Waals surface area (Å²) in [5.74, 6) is 2.53. The summed E-state index contributed by atoms with van der Waals surface area (Å²) in [5, 5.41) is 13.9. The van der Waals surface area contributed by atoms with E-state index in [2.05, 4.69) is 37.9 Å². The van der Waals surface area contributed by atoms with E-state index in [9.17, 15) is 4.79 Å². The number of aliphatic imine (C=N–C) groups is 1. The monoisotopic (exact) mass is 547 g/mol. The second kappa shape index (κ2) is 12.1. The molecule has 30 heavy (non-hydrogen) atoms. The van der Waals surface area contributed by atoms with Crippen molar-refractivity contribution in [2.24, 2.45) is 12.0 Å². The molecule has 1 aliphatic rings. The number of carbonyl (C=O) groups excluding carboxylic acids is 1. The van der Waals surface area contributed by atoms with Gasteiger partial charge in [-0.25, -0.2) is 9.79 Å². The van der Waals surface area contributed by atoms with Crippen LogP contribution in [0.3, 0.4) is 0 Å². The van der Waals surface area contributed by atoms with Crippen LogP contribution in [0.25, 0.3) is 0 Å². The summed E-state index contributed by atoms with van der Waals surface area (Å²) < 4.78 is 7.06. The zero-order chi connectivity index (χ0) is 20.6. The lowest BCUT2D eigenvalue weighted by Crippen LogP contribution is -2.54. The highest BCUT2D eigenvalue weighted by atomic mass is 127. The smallest absolute Gasteiger partial charge is 0.409 e. The Labute approximate surface area is 198 Å². The lowest BCUT2D eigenvalue weighted by atomic mass is 10.3. The molecule has 1 amide bonds. The lowest BCUT2D eigenvalue weighted by molar-refractivity contribution is 0.0914. The molecule has 9 nitrogen and oxygen atoms in total. The topological polar surface area (TPSA) is 87.9 Å². The molecule has 0 radical (unpaired) electrons. The number of aromatic nitrogens is 3. The molecule has 166 valence electrons. The highest BCUT2D eigenvalue weighted by molar-refractivity contribution is 14.0. The van der Waals surface area contributed by atoms with Gasteiger partial charge in [-0.1, -0.05) is 6.07 Å². The van der Waals surface area contributed by atoms with Crippen LogP contribution in [-0.2, 0) is 24.8 Å². The third kappa shape index (κ3) is 6.56. The molecule has 0 bridgehead atoms. The zero-order valence-corrected chi connectivity index (χ0v) is 20.9. The van der Waals surface area contributed by atoms with Crippen LogP contribution in [-0.4, -0.2) is 75.9 Å². The maximum absolute atomic E-state index is 12.0. The molecule has 11 heteroatoms. The van der Waals surface area contributed by atoms with Gasteiger partial charge in [-0.05, 0) is 31.7 Å². The molecule has 3 rings (SSSR count). The molecular formula is C19H30IN7O2S. The molecule has 1 fully saturated rings. The molecule has 1 aliphatic heterocycles. The molecule has 0 unspecified atom stereocenters. The van der Waals surface area contributed by atoms with Crippen LogP contribution in [0.1, 0.15) is 23.4 Å². The van der Waals surface area contributed by atoms with E-state index in [-0.39, 0.29) is 30.1 Å². The first kappa shape index (κ1) is 24.4. The largest absolute Gasteiger partial charge is 0.450 e. The van der Waals surface area contributed by atoms with Crippen molar-refractivity contribution in [2.45, 2.75) is 26.8 Å². The van der Waals surface area contributed by atoms with E-state index >= 15 is 0 Å². The van der Waals surface area contributed by atoms with Gasteiger partial charge in [0.15, 0.2) is 11.8 Å². The van der Waals surface area contributed by atoms with E-state index in [1.54, 1.807) is 16.2 Å². The van der Waals surface area contributed by atoms with Crippen molar-refractivity contribution in [2.75, 3.05) is 39.3 Å². The Hall–Kier alpha value is -1.89. The minimum absolute atomic E-state index is 0. The van der Waals surface area contributed by atoms with Crippen LogP contribution in [0.15, 0.2) is 22.5 Å². The summed E-state index contributed by atoms with van der Waals surface area (Å²) in [6.07, 6.45) is 0.702. The Kier molecular flexibility index (Phi) is 9.82. The second-order valence-corrected chi connectivity index (χ2v) is 7.82. The summed E-state index contributed by atoms with van der Waals surface area (Å²) in [6.45, 7) is 8.06. The molecule has 2 aromatic rings. The number of thiophene rings is 1. The molecule has 0 atom stereocenters. The molecule has 3 heterocycles. The van der Waals surface area contributed by atoms with Crippen molar-refractivity contribution in [3.63, 3.8) is 0 Å². The van der Waals surface area contributed by atoms with Gasteiger partial charge in [-0.15, -0.1) is 45.5 Å². The normalized spacial score (nSPS) is 14.4. The zero-order valence-electron chi connectivity index (χ0n) is 17.7. The fourth-order valence-electron chi connectivity index (χ4n) is 3.07. The third-order valence-corrected chi connectivity index (χ3v) is 5.83. The standard InChI is InChI=1S/C19H29N7O2S.HI/c1-4-28-19(27)26-11-9-25(10-12-26)18(20-8-7-16-6-5-13-29-16)21-14-17-23-22-15(2)24(17)3;/h5-6,13H,4,7-12,14H2,1-3H3,(H,20,21);1H. The number of guanidine groups is 1. The highest BCUT2D eigenvalue weighted by Gasteiger charge is 2.24. The van der Waals surface area contributed by atoms with Gasteiger partial charge in [0.25, 0.3) is 0 Å². The van der Waals surface area contributed by atoms with Gasteiger partial charge >= 0.3 is 6.09 Å². The fraction of sp³-hybridized carbons (Fsp3) is 0.579. The summed E-state index contributed by atoms with van der Waals surface area (Å²) in [7, 11) is 1.95. The van der Waals surface area contributed by atoms with Crippen molar-refractivity contribution in [1.82, 2.24) is 29.9 Å². The van der Waals surface area contributed by atoms with Gasteiger partial charge < -0.3 is 24.4 Å². The van der Waals surface area contributed by atoms with Crippen molar-refractivity contribution in [3.8, 4) is 0 Å². The fourth-order valence-corrected chi connectivity index (χ4v) is 3.78. The van der Waals surface area contributed by atoms with Crippen LogP contribution >= 0.6 is 35.3 Å². The number of amides is 1. The maximum atomic E-state index is 12.0. The molecule has 0 aliphatic carbocycles. The maximum Gasteiger partial charge on any atom is 0.409 e. The number of rotatable bonds is 6. The van der Waals surface area contributed by atoms with Gasteiger partial charge in [0.05, 0.1) is 6.61 Å². The van der Waals surface area contributed by atoms with Gasteiger partial charge in [0.1, 0.15) is 12.4 Å². The number of hydrogen-bond acceptors (Lipinski definition) is 6. The SMILES string of the molecule is CCOC(=O)N1CCN(C(=NCc2nnc(C)n2C)NCCc2cccs2)CC1.I. The lowest BCUT2D eigenvalue weighted by Gasteiger charge is -2.36. The number of halogens is 1. The first-order chi connectivity index (χ1) is 14.1. The van der Waals surface area contributed by atoms with Crippen molar-refractivity contribution in [1.29, 1.82) is 0 Å². The number of nitrogens with one attached hydrogen (secondary N) is 1. The van der Waals surface area contributed by atoms with Crippen molar-refractivity contribution < 1.29 is 9.53 Å². The van der Waals surface area contributed by atoms with Crippen LogP contribution < -0.4 is 5.32 Å². The van der Waals surface area contributed by atoms with Crippen LogP contribution in [0.4, 0.5) is 4.79 Å². The van der Waals surface area contributed by atoms with Gasteiger partial charge in [-0.3, -0.25) is 0 Å². The van der Waals surface area contributed by atoms with E-state index in [0.29, 0.717) is 39.3 Å². The number of nitrogens with zero attached hydrogens (tertiary/aromatic N) is 6. The Balaban J connectivity index is 0.00000320. The predicted molar refractivity (Wildman–Crippen MR) is 128 cm³/mol. The average molecular weight is 547 g/mol. The molecule has 0 spiro atoms. The Morgan fingerprint density at radius 3 is 2.60 bits per heavy atom. The molecule has 0 saturated carbocycles. The molecule has 0 aromatic carbocycles. The van der Waals surface area contributed by atoms with E-state index in [1.807, 2.05) is 25.5 Å². The minimum atomic E-state index is -0.245. The van der Waals surface area contributed by atoms with Gasteiger partial charge in [0.2, 0.25) is 0 Å². The molecule has 1 saturated heterocycles. The van der Waals surface area contributed by atoms with E-state index in [4.69, 9.17) is 9.73 Å².